The summed E-state index contributed by atoms with van der Waals surface area (Å²) in [6, 6.07) is 6.81. The Kier molecular flexibility index (Phi) is 5.25. The first-order valence-corrected chi connectivity index (χ1v) is 6.62. The second-order valence-corrected chi connectivity index (χ2v) is 4.77. The normalized spacial score (nSPS) is 11.8. The predicted octanol–water partition coefficient (Wildman–Crippen LogP) is 5.48. The molecule has 1 unspecified atom stereocenters. The highest BCUT2D eigenvalue weighted by atomic mass is 14.1. The van der Waals surface area contributed by atoms with Crippen molar-refractivity contribution >= 4 is 5.57 Å². The number of hydrogen-bond acceptors (Lipinski definition) is 0. The van der Waals surface area contributed by atoms with E-state index in [4.69, 9.17) is 0 Å². The summed E-state index contributed by atoms with van der Waals surface area (Å²) in [7, 11) is 0. The van der Waals surface area contributed by atoms with Crippen molar-refractivity contribution in [3.05, 3.63) is 46.7 Å². The molecule has 0 aromatic heterocycles. The maximum Gasteiger partial charge on any atom is -0.00196 e. The predicted molar refractivity (Wildman–Crippen MR) is 77.3 cm³/mol. The second-order valence-electron chi connectivity index (χ2n) is 4.77. The van der Waals surface area contributed by atoms with Gasteiger partial charge in [-0.15, -0.1) is 5.73 Å². The van der Waals surface area contributed by atoms with E-state index in [0.29, 0.717) is 5.92 Å². The highest BCUT2D eigenvalue weighted by molar-refractivity contribution is 5.66. The van der Waals surface area contributed by atoms with Crippen molar-refractivity contribution in [2.45, 2.75) is 53.4 Å². The van der Waals surface area contributed by atoms with E-state index in [1.807, 2.05) is 0 Å². The van der Waals surface area contributed by atoms with Crippen LogP contribution < -0.4 is 0 Å². The van der Waals surface area contributed by atoms with Crippen LogP contribution in [0.2, 0.25) is 0 Å². The minimum absolute atomic E-state index is 0.636. The van der Waals surface area contributed by atoms with Crippen molar-refractivity contribution < 1.29 is 0 Å². The summed E-state index contributed by atoms with van der Waals surface area (Å²) in [5.41, 5.74) is 8.73. The zero-order valence-electron chi connectivity index (χ0n) is 11.8. The molecule has 0 aliphatic rings. The fourth-order valence-corrected chi connectivity index (χ4v) is 1.92. The third-order valence-electron chi connectivity index (χ3n) is 3.37. The van der Waals surface area contributed by atoms with Gasteiger partial charge in [0.05, 0.1) is 0 Å². The lowest BCUT2D eigenvalue weighted by atomic mass is 9.92. The number of rotatable bonds is 4. The molecule has 1 aromatic rings. The van der Waals surface area contributed by atoms with Gasteiger partial charge in [0.2, 0.25) is 0 Å². The van der Waals surface area contributed by atoms with Gasteiger partial charge in [-0.3, -0.25) is 0 Å². The van der Waals surface area contributed by atoms with Gasteiger partial charge >= 0.3 is 0 Å². The maximum atomic E-state index is 3.37. The Morgan fingerprint density at radius 2 is 2.06 bits per heavy atom. The standard InChI is InChI=1S/C17H24/c1-6-8-9-14(4)17-12-16(13(3)7-2)11-10-15(17)5/h8,10-13H,6-7H2,1-5H3. The van der Waals surface area contributed by atoms with Crippen LogP contribution in [-0.2, 0) is 0 Å². The lowest BCUT2D eigenvalue weighted by Crippen LogP contribution is -1.94. The van der Waals surface area contributed by atoms with Gasteiger partial charge in [-0.05, 0) is 60.9 Å². The van der Waals surface area contributed by atoms with Crippen molar-refractivity contribution in [1.29, 1.82) is 0 Å². The second kappa shape index (κ2) is 6.47. The van der Waals surface area contributed by atoms with E-state index < -0.39 is 0 Å². The fourth-order valence-electron chi connectivity index (χ4n) is 1.92. The molecule has 0 saturated heterocycles. The summed E-state index contributed by atoms with van der Waals surface area (Å²) in [6.45, 7) is 11.0. The molecule has 0 N–H and O–H groups in total. The molecule has 0 fully saturated rings. The molecule has 0 radical (unpaired) electrons. The molecule has 0 aliphatic heterocycles. The molecule has 0 saturated carbocycles. The molecule has 1 aromatic carbocycles. The van der Waals surface area contributed by atoms with Crippen LogP contribution in [0.5, 0.6) is 0 Å². The van der Waals surface area contributed by atoms with E-state index in [1.165, 1.54) is 28.7 Å². The number of allylic oxidation sites excluding steroid dienone is 1. The monoisotopic (exact) mass is 228 g/mol. The van der Waals surface area contributed by atoms with Crippen LogP contribution in [0.4, 0.5) is 0 Å². The van der Waals surface area contributed by atoms with Gasteiger partial charge in [-0.1, -0.05) is 39.0 Å². The smallest absolute Gasteiger partial charge is 0.00196 e. The van der Waals surface area contributed by atoms with Crippen LogP contribution in [0.15, 0.2) is 30.0 Å². The van der Waals surface area contributed by atoms with Crippen LogP contribution in [0.25, 0.3) is 5.57 Å². The molecule has 0 nitrogen and oxygen atoms in total. The zero-order valence-corrected chi connectivity index (χ0v) is 11.8. The van der Waals surface area contributed by atoms with Crippen LogP contribution in [0.1, 0.15) is 63.1 Å². The Balaban J connectivity index is 3.19. The topological polar surface area (TPSA) is 0 Å². The first kappa shape index (κ1) is 13.8. The van der Waals surface area contributed by atoms with Crippen molar-refractivity contribution in [3.63, 3.8) is 0 Å². The molecule has 0 spiro atoms. The minimum Gasteiger partial charge on any atom is -0.121 e. The average Bonchev–Trinajstić information content (AvgIpc) is 2.35. The first-order valence-electron chi connectivity index (χ1n) is 6.62. The molecule has 0 heteroatoms. The number of aryl methyl sites for hydroxylation is 1. The fraction of sp³-hybridized carbons (Fsp3) is 0.471. The largest absolute Gasteiger partial charge is 0.121 e. The minimum atomic E-state index is 0.636. The van der Waals surface area contributed by atoms with Gasteiger partial charge in [-0.25, -0.2) is 0 Å². The first-order chi connectivity index (χ1) is 8.10. The third kappa shape index (κ3) is 3.61. The van der Waals surface area contributed by atoms with E-state index in [-0.39, 0.29) is 0 Å². The molecule has 0 aliphatic carbocycles. The van der Waals surface area contributed by atoms with Gasteiger partial charge < -0.3 is 0 Å². The summed E-state index contributed by atoms with van der Waals surface area (Å²) in [6.07, 6.45) is 4.34. The van der Waals surface area contributed by atoms with Gasteiger partial charge in [0.25, 0.3) is 0 Å². The average molecular weight is 228 g/mol. The lowest BCUT2D eigenvalue weighted by Gasteiger charge is -2.12. The summed E-state index contributed by atoms with van der Waals surface area (Å²) in [5, 5.41) is 0. The van der Waals surface area contributed by atoms with Crippen LogP contribution >= 0.6 is 0 Å². The van der Waals surface area contributed by atoms with Gasteiger partial charge in [0.1, 0.15) is 0 Å². The van der Waals surface area contributed by atoms with Crippen molar-refractivity contribution in [2.75, 3.05) is 0 Å². The Morgan fingerprint density at radius 1 is 1.35 bits per heavy atom. The SMILES string of the molecule is CCC=C=C(C)c1cc(C(C)CC)ccc1C. The van der Waals surface area contributed by atoms with E-state index in [1.54, 1.807) is 0 Å². The Labute approximate surface area is 106 Å². The summed E-state index contributed by atoms with van der Waals surface area (Å²) in [4.78, 5) is 0. The third-order valence-corrected chi connectivity index (χ3v) is 3.37. The summed E-state index contributed by atoms with van der Waals surface area (Å²) >= 11 is 0. The molecule has 1 atom stereocenters. The molecule has 92 valence electrons. The molecule has 0 amide bonds. The van der Waals surface area contributed by atoms with Gasteiger partial charge in [-0.2, -0.15) is 0 Å². The number of hydrogen-bond donors (Lipinski definition) is 0. The van der Waals surface area contributed by atoms with Crippen molar-refractivity contribution in [1.82, 2.24) is 0 Å². The number of benzene rings is 1. The Morgan fingerprint density at radius 3 is 2.65 bits per heavy atom. The van der Waals surface area contributed by atoms with E-state index in [9.17, 15) is 0 Å². The lowest BCUT2D eigenvalue weighted by molar-refractivity contribution is 0.733. The molecule has 0 heterocycles. The van der Waals surface area contributed by atoms with E-state index >= 15 is 0 Å². The molecular formula is C17H24. The van der Waals surface area contributed by atoms with Crippen LogP contribution in [0.3, 0.4) is 0 Å². The maximum absolute atomic E-state index is 3.37. The van der Waals surface area contributed by atoms with Crippen molar-refractivity contribution in [3.8, 4) is 0 Å². The van der Waals surface area contributed by atoms with Crippen LogP contribution in [-0.4, -0.2) is 0 Å². The highest BCUT2D eigenvalue weighted by Gasteiger charge is 2.06. The van der Waals surface area contributed by atoms with E-state index in [0.717, 1.165) is 6.42 Å². The molecular weight excluding hydrogens is 204 g/mol. The Hall–Kier alpha value is -1.26. The molecule has 1 rings (SSSR count). The van der Waals surface area contributed by atoms with Gasteiger partial charge in [0.15, 0.2) is 0 Å². The zero-order chi connectivity index (χ0) is 12.8. The summed E-state index contributed by atoms with van der Waals surface area (Å²) in [5.74, 6) is 0.636. The quantitative estimate of drug-likeness (QED) is 0.599. The van der Waals surface area contributed by atoms with E-state index in [2.05, 4.69) is 64.6 Å². The molecule has 17 heavy (non-hydrogen) atoms. The summed E-state index contributed by atoms with van der Waals surface area (Å²) < 4.78 is 0. The Bertz CT molecular complexity index is 431. The van der Waals surface area contributed by atoms with Crippen molar-refractivity contribution in [2.24, 2.45) is 0 Å². The van der Waals surface area contributed by atoms with Crippen LogP contribution in [0, 0.1) is 6.92 Å². The molecule has 0 bridgehead atoms. The highest BCUT2D eigenvalue weighted by Crippen LogP contribution is 2.25. The van der Waals surface area contributed by atoms with Gasteiger partial charge in [0, 0.05) is 0 Å².